The maximum atomic E-state index is 2.70. The van der Waals surface area contributed by atoms with Crippen LogP contribution in [0.2, 0.25) is 0 Å². The Labute approximate surface area is 393 Å². The first-order valence-electron chi connectivity index (χ1n) is 23.5. The number of fused-ring (bicyclic) bond motifs is 10. The average molecular weight is 865 g/mol. The summed E-state index contributed by atoms with van der Waals surface area (Å²) in [5.41, 5.74) is 15.3. The van der Waals surface area contributed by atoms with Crippen molar-refractivity contribution in [1.82, 2.24) is 0 Å². The van der Waals surface area contributed by atoms with Gasteiger partial charge in [0, 0.05) is 33.8 Å². The van der Waals surface area contributed by atoms with E-state index in [4.69, 9.17) is 0 Å². The molecule has 0 amide bonds. The second kappa shape index (κ2) is 15.0. The molecule has 0 fully saturated rings. The Morgan fingerprint density at radius 1 is 0.313 bits per heavy atom. The van der Waals surface area contributed by atoms with Gasteiger partial charge in [-0.05, 0) is 95.2 Å². The molecule has 11 aromatic rings. The van der Waals surface area contributed by atoms with Gasteiger partial charge in [-0.25, -0.2) is 0 Å². The van der Waals surface area contributed by atoms with E-state index in [-0.39, 0.29) is 13.4 Å². The fourth-order valence-electron chi connectivity index (χ4n) is 12.5. The van der Waals surface area contributed by atoms with Crippen molar-refractivity contribution in [1.29, 1.82) is 0 Å². The third-order valence-electron chi connectivity index (χ3n) is 15.0. The lowest BCUT2D eigenvalue weighted by atomic mass is 9.30. The van der Waals surface area contributed by atoms with Crippen molar-refractivity contribution in [2.75, 3.05) is 9.80 Å². The van der Waals surface area contributed by atoms with Crippen LogP contribution in [-0.4, -0.2) is 21.5 Å². The van der Waals surface area contributed by atoms with E-state index in [1.807, 2.05) is 0 Å². The normalized spacial score (nSPS) is 14.0. The lowest BCUT2D eigenvalue weighted by Gasteiger charge is -2.50. The maximum Gasteiger partial charge on any atom is 0.249 e. The van der Waals surface area contributed by atoms with Crippen LogP contribution >= 0.6 is 0 Å². The van der Waals surface area contributed by atoms with Gasteiger partial charge in [-0.3, -0.25) is 0 Å². The van der Waals surface area contributed by atoms with Gasteiger partial charge in [0.15, 0.2) is 8.07 Å². The largest absolute Gasteiger partial charge is 0.312 e. The molecule has 0 radical (unpaired) electrons. The molecular weight excluding hydrogens is 822 g/mol. The SMILES string of the molecule is c1ccc(B2c3ccccc3N(c3cc4ccccc4c4ccccc34)c3cc4c5c(c32)N(c2ccccc2)c2ccccc2B5c2ccccc2[Si]4(c2ccccc2)c2ccccc2)cc1. The Kier molecular flexibility index (Phi) is 8.53. The summed E-state index contributed by atoms with van der Waals surface area (Å²) < 4.78 is 0. The third kappa shape index (κ3) is 5.41. The van der Waals surface area contributed by atoms with Crippen LogP contribution in [0, 0.1) is 0 Å². The Morgan fingerprint density at radius 3 is 1.51 bits per heavy atom. The van der Waals surface area contributed by atoms with Gasteiger partial charge in [0.2, 0.25) is 13.4 Å². The minimum atomic E-state index is -3.12. The van der Waals surface area contributed by atoms with Crippen LogP contribution in [-0.2, 0) is 0 Å². The first kappa shape index (κ1) is 38.2. The smallest absolute Gasteiger partial charge is 0.249 e. The van der Waals surface area contributed by atoms with E-state index in [1.165, 1.54) is 104 Å². The molecule has 5 heteroatoms. The molecule has 0 atom stereocenters. The number of anilines is 6. The second-order valence-corrected chi connectivity index (χ2v) is 22.0. The van der Waals surface area contributed by atoms with Gasteiger partial charge in [-0.2, -0.15) is 0 Å². The van der Waals surface area contributed by atoms with E-state index in [9.17, 15) is 0 Å². The van der Waals surface area contributed by atoms with Crippen LogP contribution in [0.4, 0.5) is 34.1 Å². The maximum absolute atomic E-state index is 3.12. The zero-order chi connectivity index (χ0) is 44.1. The summed E-state index contributed by atoms with van der Waals surface area (Å²) in [6.07, 6.45) is 0. The lowest BCUT2D eigenvalue weighted by Crippen LogP contribution is -2.88. The Hall–Kier alpha value is -8.11. The van der Waals surface area contributed by atoms with Gasteiger partial charge in [0.1, 0.15) is 0 Å². The summed E-state index contributed by atoms with van der Waals surface area (Å²) in [5.74, 6) is 0. The van der Waals surface area contributed by atoms with Crippen molar-refractivity contribution >= 4 is 131 Å². The minimum Gasteiger partial charge on any atom is -0.312 e. The number of para-hydroxylation sites is 3. The molecule has 3 aliphatic heterocycles. The van der Waals surface area contributed by atoms with Gasteiger partial charge < -0.3 is 9.80 Å². The van der Waals surface area contributed by atoms with Crippen molar-refractivity contribution in [2.45, 2.75) is 0 Å². The molecule has 0 aliphatic carbocycles. The van der Waals surface area contributed by atoms with Crippen molar-refractivity contribution in [3.63, 3.8) is 0 Å². The highest BCUT2D eigenvalue weighted by Gasteiger charge is 2.55. The molecule has 0 saturated carbocycles. The molecule has 14 rings (SSSR count). The molecule has 0 unspecified atom stereocenters. The molecule has 3 aliphatic rings. The highest BCUT2D eigenvalue weighted by Crippen LogP contribution is 2.46. The topological polar surface area (TPSA) is 6.48 Å². The third-order valence-corrected chi connectivity index (χ3v) is 19.9. The quantitative estimate of drug-likeness (QED) is 0.127. The standard InChI is InChI=1S/C62H42B2N2Si/c1-5-24-44(25-6-1)63-51-35-17-21-39-55(51)66(56-41-43-23-13-14-32-48(43)49-33-15-16-34-50(49)56)57-42-59-61-62(60(57)63)65(45-26-7-2-8-27-45)54-38-20-18-36-52(54)64(61)53-37-19-22-40-58(53)67(59,46-28-9-3-10-29-46)47-30-11-4-12-31-47/h1-42H. The van der Waals surface area contributed by atoms with Crippen LogP contribution in [0.25, 0.3) is 21.5 Å². The molecule has 0 aromatic heterocycles. The minimum absolute atomic E-state index is 0.000690. The van der Waals surface area contributed by atoms with Gasteiger partial charge in [-0.1, -0.05) is 229 Å². The summed E-state index contributed by atoms with van der Waals surface area (Å²) in [6, 6.07) is 96.6. The molecule has 0 bridgehead atoms. The Morgan fingerprint density at radius 2 is 0.821 bits per heavy atom. The summed E-state index contributed by atoms with van der Waals surface area (Å²) >= 11 is 0. The van der Waals surface area contributed by atoms with Crippen molar-refractivity contribution in [3.8, 4) is 0 Å². The molecule has 0 saturated heterocycles. The molecule has 11 aromatic carbocycles. The molecular formula is C62H42B2N2Si. The molecule has 0 spiro atoms. The highest BCUT2D eigenvalue weighted by atomic mass is 28.3. The van der Waals surface area contributed by atoms with Gasteiger partial charge in [0.05, 0.1) is 5.69 Å². The van der Waals surface area contributed by atoms with Crippen LogP contribution < -0.4 is 63.3 Å². The second-order valence-electron chi connectivity index (χ2n) is 18.3. The number of hydrogen-bond donors (Lipinski definition) is 0. The van der Waals surface area contributed by atoms with E-state index >= 15 is 0 Å². The number of hydrogen-bond acceptors (Lipinski definition) is 2. The predicted molar refractivity (Wildman–Crippen MR) is 290 cm³/mol. The zero-order valence-corrected chi connectivity index (χ0v) is 37.8. The zero-order valence-electron chi connectivity index (χ0n) is 36.8. The number of benzene rings is 11. The van der Waals surface area contributed by atoms with E-state index in [0.717, 1.165) is 5.69 Å². The van der Waals surface area contributed by atoms with Crippen molar-refractivity contribution < 1.29 is 0 Å². The molecule has 2 nitrogen and oxygen atoms in total. The first-order chi connectivity index (χ1) is 33.3. The summed E-state index contributed by atoms with van der Waals surface area (Å²) in [7, 11) is -3.12. The number of rotatable bonds is 5. The first-order valence-corrected chi connectivity index (χ1v) is 25.5. The molecule has 67 heavy (non-hydrogen) atoms. The average Bonchev–Trinajstić information content (AvgIpc) is 3.41. The highest BCUT2D eigenvalue weighted by molar-refractivity contribution is 7.27. The fourth-order valence-corrected chi connectivity index (χ4v) is 17.7. The van der Waals surface area contributed by atoms with Gasteiger partial charge in [0.25, 0.3) is 0 Å². The van der Waals surface area contributed by atoms with Crippen LogP contribution in [0.5, 0.6) is 0 Å². The van der Waals surface area contributed by atoms with E-state index in [1.54, 1.807) is 0 Å². The summed E-state index contributed by atoms with van der Waals surface area (Å²) in [4.78, 5) is 5.30. The van der Waals surface area contributed by atoms with E-state index in [2.05, 4.69) is 265 Å². The Bertz CT molecular complexity index is 3690. The predicted octanol–water partition coefficient (Wildman–Crippen LogP) is 8.28. The number of nitrogens with zero attached hydrogens (tertiary/aromatic N) is 2. The van der Waals surface area contributed by atoms with Gasteiger partial charge in [-0.15, -0.1) is 0 Å². The van der Waals surface area contributed by atoms with Crippen LogP contribution in [0.15, 0.2) is 255 Å². The van der Waals surface area contributed by atoms with Crippen LogP contribution in [0.1, 0.15) is 0 Å². The van der Waals surface area contributed by atoms with E-state index in [0.29, 0.717) is 0 Å². The van der Waals surface area contributed by atoms with Crippen LogP contribution in [0.3, 0.4) is 0 Å². The van der Waals surface area contributed by atoms with Gasteiger partial charge >= 0.3 is 0 Å². The lowest BCUT2D eigenvalue weighted by molar-refractivity contribution is 1.28. The molecule has 3 heterocycles. The Balaban J connectivity index is 1.25. The fraction of sp³-hybridized carbons (Fsp3) is 0. The monoisotopic (exact) mass is 864 g/mol. The summed E-state index contributed by atoms with van der Waals surface area (Å²) in [6.45, 7) is -0.0752. The van der Waals surface area contributed by atoms with Crippen molar-refractivity contribution in [2.24, 2.45) is 0 Å². The summed E-state index contributed by atoms with van der Waals surface area (Å²) in [5, 5.41) is 10.7. The van der Waals surface area contributed by atoms with E-state index < -0.39 is 8.07 Å². The van der Waals surface area contributed by atoms with Crippen molar-refractivity contribution in [3.05, 3.63) is 255 Å². The molecule has 310 valence electrons. The molecule has 0 N–H and O–H groups in total.